The van der Waals surface area contributed by atoms with E-state index in [0.717, 1.165) is 28.6 Å². The molecule has 6 nitrogen and oxygen atoms in total. The van der Waals surface area contributed by atoms with Gasteiger partial charge < -0.3 is 9.88 Å². The number of halogens is 3. The van der Waals surface area contributed by atoms with Gasteiger partial charge >= 0.3 is 0 Å². The number of benzene rings is 1. The van der Waals surface area contributed by atoms with Gasteiger partial charge in [-0.2, -0.15) is 5.10 Å². The molecule has 1 amide bonds. The summed E-state index contributed by atoms with van der Waals surface area (Å²) in [7, 11) is 1.66. The Kier molecular flexibility index (Phi) is 4.35. The minimum Gasteiger partial charge on any atom is -0.360 e. The Hall–Kier alpha value is -3.62. The molecule has 0 aliphatic carbocycles. The van der Waals surface area contributed by atoms with Gasteiger partial charge in [0.15, 0.2) is 17.5 Å². The van der Waals surface area contributed by atoms with Crippen LogP contribution in [0.15, 0.2) is 36.8 Å². The first-order valence-corrected chi connectivity index (χ1v) is 9.79. The number of fused-ring (bicyclic) bond motifs is 2. The Morgan fingerprint density at radius 1 is 1.19 bits per heavy atom. The summed E-state index contributed by atoms with van der Waals surface area (Å²) in [5.41, 5.74) is 3.44. The van der Waals surface area contributed by atoms with E-state index in [1.807, 2.05) is 13.0 Å². The second kappa shape index (κ2) is 6.97. The third kappa shape index (κ3) is 2.91. The second-order valence-electron chi connectivity index (χ2n) is 7.64. The molecule has 1 aliphatic rings. The van der Waals surface area contributed by atoms with Crippen LogP contribution in [0, 0.1) is 17.5 Å². The van der Waals surface area contributed by atoms with Gasteiger partial charge in [0.1, 0.15) is 0 Å². The summed E-state index contributed by atoms with van der Waals surface area (Å²) in [6.07, 6.45) is 5.42. The van der Waals surface area contributed by atoms with E-state index < -0.39 is 17.5 Å². The normalized spacial score (nSPS) is 16.0. The highest BCUT2D eigenvalue weighted by Gasteiger charge is 2.34. The first-order chi connectivity index (χ1) is 14.9. The van der Waals surface area contributed by atoms with Gasteiger partial charge in [0.25, 0.3) is 5.91 Å². The monoisotopic (exact) mass is 425 g/mol. The van der Waals surface area contributed by atoms with Gasteiger partial charge in [-0.1, -0.05) is 0 Å². The average molecular weight is 425 g/mol. The maximum absolute atomic E-state index is 13.8. The van der Waals surface area contributed by atoms with Gasteiger partial charge in [-0.15, -0.1) is 0 Å². The number of pyridine rings is 1. The highest BCUT2D eigenvalue weighted by Crippen LogP contribution is 2.37. The van der Waals surface area contributed by atoms with E-state index in [9.17, 15) is 18.0 Å². The van der Waals surface area contributed by atoms with Crippen molar-refractivity contribution in [1.82, 2.24) is 24.6 Å². The number of nitrogens with zero attached hydrogens (tertiary/aromatic N) is 4. The molecule has 0 radical (unpaired) electrons. The van der Waals surface area contributed by atoms with Crippen molar-refractivity contribution in [2.75, 3.05) is 6.54 Å². The zero-order chi connectivity index (χ0) is 21.9. The molecule has 1 unspecified atom stereocenters. The molecule has 4 heterocycles. The fraction of sp³-hybridized carbons (Fsp3) is 0.227. The van der Waals surface area contributed by atoms with Gasteiger partial charge in [0.05, 0.1) is 34.7 Å². The minimum absolute atomic E-state index is 0.165. The van der Waals surface area contributed by atoms with Gasteiger partial charge in [0, 0.05) is 42.5 Å². The molecule has 0 saturated heterocycles. The van der Waals surface area contributed by atoms with E-state index in [1.165, 1.54) is 4.68 Å². The number of amides is 1. The lowest BCUT2D eigenvalue weighted by Crippen LogP contribution is -2.39. The van der Waals surface area contributed by atoms with Gasteiger partial charge in [-0.25, -0.2) is 13.2 Å². The van der Waals surface area contributed by atoms with Gasteiger partial charge in [-0.3, -0.25) is 14.5 Å². The van der Waals surface area contributed by atoms with Crippen LogP contribution >= 0.6 is 0 Å². The highest BCUT2D eigenvalue weighted by molar-refractivity contribution is 6.06. The number of aryl methyl sites for hydroxylation is 1. The lowest BCUT2D eigenvalue weighted by Gasteiger charge is -2.33. The van der Waals surface area contributed by atoms with Crippen LogP contribution in [0.5, 0.6) is 0 Å². The number of aromatic nitrogens is 4. The third-order valence-corrected chi connectivity index (χ3v) is 5.87. The number of nitrogens with one attached hydrogen (secondary N) is 1. The molecule has 9 heteroatoms. The van der Waals surface area contributed by atoms with Crippen molar-refractivity contribution in [3.05, 3.63) is 71.1 Å². The number of carbonyl (C=O) groups is 1. The molecule has 5 rings (SSSR count). The summed E-state index contributed by atoms with van der Waals surface area (Å²) >= 11 is 0. The molecule has 1 aliphatic heterocycles. The Morgan fingerprint density at radius 3 is 2.68 bits per heavy atom. The first-order valence-electron chi connectivity index (χ1n) is 9.79. The summed E-state index contributed by atoms with van der Waals surface area (Å²) in [6.45, 7) is 2.27. The number of aromatic amines is 1. The maximum atomic E-state index is 13.8. The van der Waals surface area contributed by atoms with E-state index >= 15 is 0 Å². The van der Waals surface area contributed by atoms with Crippen LogP contribution in [0.3, 0.4) is 0 Å². The van der Waals surface area contributed by atoms with Crippen LogP contribution < -0.4 is 0 Å². The molecule has 1 aromatic carbocycles. The van der Waals surface area contributed by atoms with Crippen LogP contribution in [-0.4, -0.2) is 37.1 Å². The quantitative estimate of drug-likeness (QED) is 0.491. The van der Waals surface area contributed by atoms with Crippen molar-refractivity contribution < 1.29 is 18.0 Å². The number of carbonyl (C=O) groups excluding carboxylic acids is 1. The summed E-state index contributed by atoms with van der Waals surface area (Å²) in [5, 5.41) is 5.32. The fourth-order valence-corrected chi connectivity index (χ4v) is 4.38. The number of rotatable bonds is 2. The predicted octanol–water partition coefficient (Wildman–Crippen LogP) is 4.14. The van der Waals surface area contributed by atoms with Crippen molar-refractivity contribution >= 4 is 16.8 Å². The zero-order valence-electron chi connectivity index (χ0n) is 16.8. The minimum atomic E-state index is -1.50. The molecule has 3 aromatic heterocycles. The number of H-pyrrole nitrogens is 1. The summed E-state index contributed by atoms with van der Waals surface area (Å²) < 4.78 is 42.6. The smallest absolute Gasteiger partial charge is 0.256 e. The van der Waals surface area contributed by atoms with Crippen LogP contribution in [-0.2, 0) is 13.5 Å². The predicted molar refractivity (Wildman–Crippen MR) is 108 cm³/mol. The summed E-state index contributed by atoms with van der Waals surface area (Å²) in [5.74, 6) is -4.17. The summed E-state index contributed by atoms with van der Waals surface area (Å²) in [6, 6.07) is 3.41. The van der Waals surface area contributed by atoms with E-state index in [-0.39, 0.29) is 17.5 Å². The topological polar surface area (TPSA) is 66.8 Å². The van der Waals surface area contributed by atoms with E-state index in [4.69, 9.17) is 0 Å². The Labute approximate surface area is 175 Å². The number of hydrogen-bond donors (Lipinski definition) is 1. The molecular weight excluding hydrogens is 407 g/mol. The molecule has 0 spiro atoms. The maximum Gasteiger partial charge on any atom is 0.256 e. The van der Waals surface area contributed by atoms with Crippen molar-refractivity contribution in [1.29, 1.82) is 0 Å². The van der Waals surface area contributed by atoms with E-state index in [2.05, 4.69) is 15.1 Å². The van der Waals surface area contributed by atoms with E-state index in [0.29, 0.717) is 29.9 Å². The molecule has 4 aromatic rings. The van der Waals surface area contributed by atoms with Crippen molar-refractivity contribution in [3.8, 4) is 11.3 Å². The molecule has 0 bridgehead atoms. The van der Waals surface area contributed by atoms with Gasteiger partial charge in [-0.05, 0) is 31.5 Å². The SMILES string of the molecule is CC1c2nn(C)c(-c3cc(F)c(F)c(F)c3)c2CCN1C(=O)c1cncc2[nH]ccc12. The molecule has 1 atom stereocenters. The molecule has 158 valence electrons. The standard InChI is InChI=1S/C22H18F3N5O/c1-11-20-14(21(29(2)28-20)12-7-16(23)19(25)17(24)8-12)4-6-30(11)22(31)15-9-26-10-18-13(15)3-5-27-18/h3,5,7-11,27H,4,6H2,1-2H3. The van der Waals surface area contributed by atoms with Crippen LogP contribution in [0.2, 0.25) is 0 Å². The highest BCUT2D eigenvalue weighted by atomic mass is 19.2. The largest absolute Gasteiger partial charge is 0.360 e. The fourth-order valence-electron chi connectivity index (χ4n) is 4.38. The zero-order valence-corrected chi connectivity index (χ0v) is 16.8. The average Bonchev–Trinajstić information content (AvgIpc) is 3.35. The lowest BCUT2D eigenvalue weighted by atomic mass is 9.95. The van der Waals surface area contributed by atoms with Crippen LogP contribution in [0.4, 0.5) is 13.2 Å². The van der Waals surface area contributed by atoms with Crippen molar-refractivity contribution in [3.63, 3.8) is 0 Å². The van der Waals surface area contributed by atoms with Crippen LogP contribution in [0.25, 0.3) is 22.2 Å². The molecule has 1 N–H and O–H groups in total. The number of hydrogen-bond acceptors (Lipinski definition) is 3. The Morgan fingerprint density at radius 2 is 1.94 bits per heavy atom. The molecule has 0 fully saturated rings. The van der Waals surface area contributed by atoms with Crippen LogP contribution in [0.1, 0.15) is 34.6 Å². The van der Waals surface area contributed by atoms with Crippen molar-refractivity contribution in [2.24, 2.45) is 7.05 Å². The second-order valence-corrected chi connectivity index (χ2v) is 7.64. The first kappa shape index (κ1) is 19.3. The van der Waals surface area contributed by atoms with E-state index in [1.54, 1.807) is 30.5 Å². The lowest BCUT2D eigenvalue weighted by molar-refractivity contribution is 0.0675. The molecule has 31 heavy (non-hydrogen) atoms. The van der Waals surface area contributed by atoms with Crippen molar-refractivity contribution in [2.45, 2.75) is 19.4 Å². The molecular formula is C22H18F3N5O. The Balaban J connectivity index is 1.54. The Bertz CT molecular complexity index is 1320. The van der Waals surface area contributed by atoms with Gasteiger partial charge in [0.2, 0.25) is 0 Å². The third-order valence-electron chi connectivity index (χ3n) is 5.87. The molecule has 0 saturated carbocycles. The summed E-state index contributed by atoms with van der Waals surface area (Å²) in [4.78, 5) is 22.2.